The molecule has 1 fully saturated rings. The normalized spacial score (nSPS) is 35.7. The molecule has 0 N–H and O–H groups in total. The summed E-state index contributed by atoms with van der Waals surface area (Å²) in [6.07, 6.45) is 9.07. The third-order valence-corrected chi connectivity index (χ3v) is 8.94. The van der Waals surface area contributed by atoms with Crippen LogP contribution < -0.4 is 0 Å². The van der Waals surface area contributed by atoms with Crippen molar-refractivity contribution in [3.05, 3.63) is 12.2 Å². The molecule has 1 unspecified atom stereocenters. The van der Waals surface area contributed by atoms with Crippen LogP contribution in [0.3, 0.4) is 0 Å². The first kappa shape index (κ1) is 10.0. The lowest BCUT2D eigenvalue weighted by atomic mass is 10.0. The zero-order valence-corrected chi connectivity index (χ0v) is 9.98. The van der Waals surface area contributed by atoms with Gasteiger partial charge in [0.15, 0.2) is 0 Å². The number of hydrogen-bond donors (Lipinski definition) is 0. The molecular weight excluding hydrogens is 160 g/mol. The van der Waals surface area contributed by atoms with Crippen LogP contribution in [0, 0.1) is 0 Å². The standard InChI is InChI=1S/C11H22Si/c1-5-8-11(2)9-6-7-10-12(11,3)4/h5,8H,6-7,9-10H2,1-4H3/b8-5+. The molecule has 0 saturated carbocycles. The number of allylic oxidation sites excluding steroid dienone is 2. The molecule has 0 bridgehead atoms. The summed E-state index contributed by atoms with van der Waals surface area (Å²) in [7, 11) is -0.952. The van der Waals surface area contributed by atoms with Gasteiger partial charge in [-0.25, -0.2) is 0 Å². The highest BCUT2D eigenvalue weighted by Gasteiger charge is 2.42. The Hall–Kier alpha value is -0.0431. The summed E-state index contributed by atoms with van der Waals surface area (Å²) in [6, 6.07) is 1.52. The molecule has 0 radical (unpaired) electrons. The SMILES string of the molecule is C/C=C/C1(C)CCCC[Si]1(C)C. The van der Waals surface area contributed by atoms with Gasteiger partial charge < -0.3 is 0 Å². The molecule has 0 spiro atoms. The average molecular weight is 182 g/mol. The van der Waals surface area contributed by atoms with Gasteiger partial charge in [0.2, 0.25) is 0 Å². The van der Waals surface area contributed by atoms with Crippen LogP contribution in [-0.2, 0) is 0 Å². The van der Waals surface area contributed by atoms with Crippen LogP contribution in [0.1, 0.15) is 33.1 Å². The van der Waals surface area contributed by atoms with Crippen molar-refractivity contribution in [3.8, 4) is 0 Å². The van der Waals surface area contributed by atoms with Gasteiger partial charge in [-0.2, -0.15) is 0 Å². The highest BCUT2D eigenvalue weighted by molar-refractivity contribution is 6.81. The largest absolute Gasteiger partial charge is 0.0914 e. The van der Waals surface area contributed by atoms with Crippen LogP contribution in [0.5, 0.6) is 0 Å². The Balaban J connectivity index is 2.83. The first-order valence-electron chi connectivity index (χ1n) is 5.16. The minimum absolute atomic E-state index is 0.583. The monoisotopic (exact) mass is 182 g/mol. The third kappa shape index (κ3) is 1.66. The van der Waals surface area contributed by atoms with Crippen LogP contribution in [0.4, 0.5) is 0 Å². The molecule has 0 aromatic rings. The molecule has 70 valence electrons. The molecule has 1 saturated heterocycles. The summed E-state index contributed by atoms with van der Waals surface area (Å²) in [5.41, 5.74) is 0. The highest BCUT2D eigenvalue weighted by Crippen LogP contribution is 2.50. The van der Waals surface area contributed by atoms with Gasteiger partial charge in [-0.1, -0.05) is 51.1 Å². The second-order valence-electron chi connectivity index (χ2n) is 5.01. The summed E-state index contributed by atoms with van der Waals surface area (Å²) in [5.74, 6) is 0. The molecule has 0 amide bonds. The van der Waals surface area contributed by atoms with E-state index in [0.29, 0.717) is 5.04 Å². The Morgan fingerprint density at radius 2 is 1.92 bits per heavy atom. The van der Waals surface area contributed by atoms with E-state index in [1.54, 1.807) is 0 Å². The van der Waals surface area contributed by atoms with Gasteiger partial charge in [-0.05, 0) is 18.4 Å². The molecule has 1 heterocycles. The fourth-order valence-corrected chi connectivity index (χ4v) is 5.54. The van der Waals surface area contributed by atoms with E-state index >= 15 is 0 Å². The van der Waals surface area contributed by atoms with E-state index in [4.69, 9.17) is 0 Å². The van der Waals surface area contributed by atoms with Crippen LogP contribution in [-0.4, -0.2) is 8.07 Å². The summed E-state index contributed by atoms with van der Waals surface area (Å²) in [4.78, 5) is 0. The van der Waals surface area contributed by atoms with Gasteiger partial charge in [0, 0.05) is 0 Å². The van der Waals surface area contributed by atoms with E-state index in [0.717, 1.165) is 0 Å². The van der Waals surface area contributed by atoms with E-state index in [-0.39, 0.29) is 0 Å². The zero-order valence-electron chi connectivity index (χ0n) is 8.98. The van der Waals surface area contributed by atoms with Crippen molar-refractivity contribution in [2.24, 2.45) is 0 Å². The molecule has 0 aromatic heterocycles. The lowest BCUT2D eigenvalue weighted by molar-refractivity contribution is 0.551. The maximum atomic E-state index is 2.55. The topological polar surface area (TPSA) is 0 Å². The fraction of sp³-hybridized carbons (Fsp3) is 0.818. The summed E-state index contributed by atoms with van der Waals surface area (Å²) in [6.45, 7) is 9.72. The van der Waals surface area contributed by atoms with Gasteiger partial charge >= 0.3 is 0 Å². The van der Waals surface area contributed by atoms with Crippen molar-refractivity contribution >= 4 is 8.07 Å². The van der Waals surface area contributed by atoms with Gasteiger partial charge in [0.25, 0.3) is 0 Å². The molecule has 1 aliphatic rings. The molecule has 1 aliphatic heterocycles. The lowest BCUT2D eigenvalue weighted by Crippen LogP contribution is -2.41. The first-order valence-corrected chi connectivity index (χ1v) is 8.36. The van der Waals surface area contributed by atoms with E-state index < -0.39 is 8.07 Å². The van der Waals surface area contributed by atoms with E-state index in [2.05, 4.69) is 39.1 Å². The van der Waals surface area contributed by atoms with Gasteiger partial charge in [0.05, 0.1) is 8.07 Å². The molecule has 1 heteroatoms. The average Bonchev–Trinajstić information content (AvgIpc) is 1.96. The van der Waals surface area contributed by atoms with Gasteiger partial charge in [0.1, 0.15) is 0 Å². The fourth-order valence-electron chi connectivity index (χ4n) is 2.36. The van der Waals surface area contributed by atoms with E-state index in [1.165, 1.54) is 25.3 Å². The lowest BCUT2D eigenvalue weighted by Gasteiger charge is -2.45. The van der Waals surface area contributed by atoms with Gasteiger partial charge in [-0.3, -0.25) is 0 Å². The quantitative estimate of drug-likeness (QED) is 0.421. The van der Waals surface area contributed by atoms with Crippen molar-refractivity contribution in [1.82, 2.24) is 0 Å². The molecule has 1 atom stereocenters. The Morgan fingerprint density at radius 1 is 1.25 bits per heavy atom. The maximum absolute atomic E-state index is 2.55. The molecular formula is C11H22Si. The highest BCUT2D eigenvalue weighted by atomic mass is 28.3. The molecule has 1 rings (SSSR count). The Morgan fingerprint density at radius 3 is 2.42 bits per heavy atom. The summed E-state index contributed by atoms with van der Waals surface area (Å²) < 4.78 is 0. The van der Waals surface area contributed by atoms with Crippen molar-refractivity contribution < 1.29 is 0 Å². The van der Waals surface area contributed by atoms with Crippen molar-refractivity contribution in [2.45, 2.75) is 57.3 Å². The predicted octanol–water partition coefficient (Wildman–Crippen LogP) is 4.22. The number of rotatable bonds is 1. The van der Waals surface area contributed by atoms with Crippen LogP contribution in [0.15, 0.2) is 12.2 Å². The number of hydrogen-bond acceptors (Lipinski definition) is 0. The molecule has 0 aromatic carbocycles. The second kappa shape index (κ2) is 3.37. The van der Waals surface area contributed by atoms with Crippen molar-refractivity contribution in [3.63, 3.8) is 0 Å². The van der Waals surface area contributed by atoms with Crippen LogP contribution in [0.25, 0.3) is 0 Å². The Kier molecular flexibility index (Phi) is 2.82. The predicted molar refractivity (Wildman–Crippen MR) is 59.3 cm³/mol. The van der Waals surface area contributed by atoms with Crippen LogP contribution >= 0.6 is 0 Å². The molecule has 0 nitrogen and oxygen atoms in total. The first-order chi connectivity index (χ1) is 5.52. The summed E-state index contributed by atoms with van der Waals surface area (Å²) in [5, 5.41) is 0.583. The third-order valence-electron chi connectivity index (χ3n) is 3.83. The van der Waals surface area contributed by atoms with Crippen molar-refractivity contribution in [1.29, 1.82) is 0 Å². The Bertz CT molecular complexity index is 181. The smallest absolute Gasteiger partial charge is 0.0576 e. The van der Waals surface area contributed by atoms with E-state index in [1.807, 2.05) is 0 Å². The van der Waals surface area contributed by atoms with E-state index in [9.17, 15) is 0 Å². The second-order valence-corrected chi connectivity index (χ2v) is 10.4. The molecule has 0 aliphatic carbocycles. The molecule has 12 heavy (non-hydrogen) atoms. The minimum atomic E-state index is -0.952. The summed E-state index contributed by atoms with van der Waals surface area (Å²) >= 11 is 0. The van der Waals surface area contributed by atoms with Gasteiger partial charge in [-0.15, -0.1) is 0 Å². The minimum Gasteiger partial charge on any atom is -0.0914 e. The zero-order chi connectivity index (χ0) is 9.24. The Labute approximate surface area is 78.1 Å². The maximum Gasteiger partial charge on any atom is 0.0576 e. The van der Waals surface area contributed by atoms with Crippen molar-refractivity contribution in [2.75, 3.05) is 0 Å². The van der Waals surface area contributed by atoms with Crippen LogP contribution in [0.2, 0.25) is 24.2 Å².